The number of carbonyl (C=O) groups excluding carboxylic acids is 1. The Balaban J connectivity index is 1.63. The first-order chi connectivity index (χ1) is 6.66. The highest BCUT2D eigenvalue weighted by Crippen LogP contribution is 2.37. The van der Waals surface area contributed by atoms with Crippen molar-refractivity contribution in [3.05, 3.63) is 0 Å². The summed E-state index contributed by atoms with van der Waals surface area (Å²) in [7, 11) is 0. The quantitative estimate of drug-likeness (QED) is 0.682. The Morgan fingerprint density at radius 1 is 1.43 bits per heavy atom. The van der Waals surface area contributed by atoms with Crippen molar-refractivity contribution in [1.82, 2.24) is 10.6 Å². The molecule has 3 fully saturated rings. The van der Waals surface area contributed by atoms with E-state index in [1.165, 1.54) is 12.8 Å². The lowest BCUT2D eigenvalue weighted by Gasteiger charge is -2.21. The van der Waals surface area contributed by atoms with Gasteiger partial charge in [-0.3, -0.25) is 4.79 Å². The Labute approximate surface area is 84.6 Å². The number of hydrogen-bond donors (Lipinski definition) is 2. The summed E-state index contributed by atoms with van der Waals surface area (Å²) >= 11 is 0. The summed E-state index contributed by atoms with van der Waals surface area (Å²) in [5.41, 5.74) is 0.152. The molecule has 0 aromatic carbocycles. The minimum absolute atomic E-state index is 0.152. The largest absolute Gasteiger partial charge is 0.351 e. The number of hydrogen-bond acceptors (Lipinski definition) is 2. The maximum atomic E-state index is 11.9. The van der Waals surface area contributed by atoms with Crippen molar-refractivity contribution in [2.45, 2.75) is 56.7 Å². The maximum absolute atomic E-state index is 11.9. The molecule has 2 N–H and O–H groups in total. The molecule has 2 saturated heterocycles. The third-order valence-electron chi connectivity index (χ3n) is 4.06. The summed E-state index contributed by atoms with van der Waals surface area (Å²) in [4.78, 5) is 11.9. The molecule has 1 aliphatic carbocycles. The molecule has 14 heavy (non-hydrogen) atoms. The van der Waals surface area contributed by atoms with Crippen LogP contribution in [0.3, 0.4) is 0 Å². The van der Waals surface area contributed by atoms with Crippen LogP contribution in [0.5, 0.6) is 0 Å². The minimum atomic E-state index is 0.152. The molecular formula is C11H18N2O. The van der Waals surface area contributed by atoms with Crippen molar-refractivity contribution >= 4 is 5.91 Å². The predicted molar refractivity (Wildman–Crippen MR) is 53.8 cm³/mol. The molecule has 0 spiro atoms. The standard InChI is InChI=1S/C11H18N2O/c1-11(4-5-11)13-10(14)8-6-7-2-3-9(8)12-7/h7-9,12H,2-6H2,1H3,(H,13,14). The fourth-order valence-corrected chi connectivity index (χ4v) is 2.82. The second-order valence-electron chi connectivity index (χ2n) is 5.44. The normalized spacial score (nSPS) is 42.5. The average Bonchev–Trinajstić information content (AvgIpc) is 2.67. The topological polar surface area (TPSA) is 41.1 Å². The number of fused-ring (bicyclic) bond motifs is 2. The van der Waals surface area contributed by atoms with E-state index in [9.17, 15) is 4.79 Å². The fraction of sp³-hybridized carbons (Fsp3) is 0.909. The van der Waals surface area contributed by atoms with Gasteiger partial charge in [0.1, 0.15) is 0 Å². The molecule has 0 radical (unpaired) electrons. The Kier molecular flexibility index (Phi) is 1.69. The highest BCUT2D eigenvalue weighted by Gasteiger charge is 2.46. The van der Waals surface area contributed by atoms with Crippen molar-refractivity contribution in [1.29, 1.82) is 0 Å². The molecule has 3 unspecified atom stereocenters. The average molecular weight is 194 g/mol. The summed E-state index contributed by atoms with van der Waals surface area (Å²) in [6.07, 6.45) is 5.84. The number of nitrogens with one attached hydrogen (secondary N) is 2. The molecular weight excluding hydrogens is 176 g/mol. The summed E-state index contributed by atoms with van der Waals surface area (Å²) in [5.74, 6) is 0.552. The van der Waals surface area contributed by atoms with Crippen LogP contribution in [0.4, 0.5) is 0 Å². The van der Waals surface area contributed by atoms with Crippen LogP contribution in [0, 0.1) is 5.92 Å². The lowest BCUT2D eigenvalue weighted by molar-refractivity contribution is -0.126. The van der Waals surface area contributed by atoms with Crippen LogP contribution in [-0.4, -0.2) is 23.5 Å². The first-order valence-electron chi connectivity index (χ1n) is 5.74. The minimum Gasteiger partial charge on any atom is -0.351 e. The van der Waals surface area contributed by atoms with Gasteiger partial charge < -0.3 is 10.6 Å². The van der Waals surface area contributed by atoms with Crippen LogP contribution in [0.1, 0.15) is 39.0 Å². The summed E-state index contributed by atoms with van der Waals surface area (Å²) < 4.78 is 0. The van der Waals surface area contributed by atoms with Gasteiger partial charge in [-0.05, 0) is 39.0 Å². The molecule has 0 aromatic heterocycles. The monoisotopic (exact) mass is 194 g/mol. The van der Waals surface area contributed by atoms with Gasteiger partial charge in [-0.25, -0.2) is 0 Å². The molecule has 2 bridgehead atoms. The van der Waals surface area contributed by atoms with Crippen molar-refractivity contribution in [2.75, 3.05) is 0 Å². The molecule has 78 valence electrons. The maximum Gasteiger partial charge on any atom is 0.225 e. The van der Waals surface area contributed by atoms with Gasteiger partial charge in [-0.15, -0.1) is 0 Å². The highest BCUT2D eigenvalue weighted by molar-refractivity contribution is 5.81. The highest BCUT2D eigenvalue weighted by atomic mass is 16.2. The third-order valence-corrected chi connectivity index (χ3v) is 4.06. The zero-order chi connectivity index (χ0) is 9.76. The van der Waals surface area contributed by atoms with Crippen LogP contribution in [0.2, 0.25) is 0 Å². The first-order valence-corrected chi connectivity index (χ1v) is 5.74. The van der Waals surface area contributed by atoms with Crippen LogP contribution in [-0.2, 0) is 4.79 Å². The van der Waals surface area contributed by atoms with E-state index in [-0.39, 0.29) is 11.5 Å². The van der Waals surface area contributed by atoms with Gasteiger partial charge in [0.15, 0.2) is 0 Å². The molecule has 3 heteroatoms. The number of rotatable bonds is 2. The summed E-state index contributed by atoms with van der Waals surface area (Å²) in [6.45, 7) is 2.14. The summed E-state index contributed by atoms with van der Waals surface area (Å²) in [5, 5.41) is 6.68. The van der Waals surface area contributed by atoms with E-state index in [0.29, 0.717) is 18.0 Å². The molecule has 1 amide bonds. The molecule has 3 atom stereocenters. The third kappa shape index (κ3) is 1.34. The first kappa shape index (κ1) is 8.72. The second kappa shape index (κ2) is 2.72. The van der Waals surface area contributed by atoms with Crippen LogP contribution >= 0.6 is 0 Å². The van der Waals surface area contributed by atoms with E-state index in [2.05, 4.69) is 17.6 Å². The van der Waals surface area contributed by atoms with Gasteiger partial charge in [0, 0.05) is 17.6 Å². The smallest absolute Gasteiger partial charge is 0.225 e. The number of carbonyl (C=O) groups is 1. The molecule has 3 nitrogen and oxygen atoms in total. The molecule has 1 saturated carbocycles. The molecule has 3 rings (SSSR count). The fourth-order valence-electron chi connectivity index (χ4n) is 2.82. The van der Waals surface area contributed by atoms with E-state index in [1.54, 1.807) is 0 Å². The van der Waals surface area contributed by atoms with Gasteiger partial charge in [0.05, 0.1) is 5.92 Å². The van der Waals surface area contributed by atoms with Crippen molar-refractivity contribution in [3.63, 3.8) is 0 Å². The van der Waals surface area contributed by atoms with Crippen molar-refractivity contribution in [3.8, 4) is 0 Å². The van der Waals surface area contributed by atoms with Crippen molar-refractivity contribution < 1.29 is 4.79 Å². The van der Waals surface area contributed by atoms with Gasteiger partial charge in [-0.1, -0.05) is 0 Å². The van der Waals surface area contributed by atoms with Crippen LogP contribution < -0.4 is 10.6 Å². The van der Waals surface area contributed by atoms with E-state index in [0.717, 1.165) is 19.3 Å². The SMILES string of the molecule is CC1(NC(=O)C2CC3CCC2N3)CC1. The predicted octanol–water partition coefficient (Wildman–Crippen LogP) is 0.796. The van der Waals surface area contributed by atoms with Crippen LogP contribution in [0.25, 0.3) is 0 Å². The molecule has 0 aromatic rings. The van der Waals surface area contributed by atoms with Gasteiger partial charge in [0.25, 0.3) is 0 Å². The van der Waals surface area contributed by atoms with E-state index >= 15 is 0 Å². The van der Waals surface area contributed by atoms with Gasteiger partial charge in [0.2, 0.25) is 5.91 Å². The Morgan fingerprint density at radius 2 is 2.21 bits per heavy atom. The van der Waals surface area contributed by atoms with Crippen LogP contribution in [0.15, 0.2) is 0 Å². The summed E-state index contributed by atoms with van der Waals surface area (Å²) in [6, 6.07) is 1.10. The molecule has 2 aliphatic heterocycles. The lowest BCUT2D eigenvalue weighted by atomic mass is 9.88. The molecule has 2 heterocycles. The molecule has 3 aliphatic rings. The van der Waals surface area contributed by atoms with Gasteiger partial charge in [-0.2, -0.15) is 0 Å². The Hall–Kier alpha value is -0.570. The van der Waals surface area contributed by atoms with E-state index in [1.807, 2.05) is 0 Å². The Bertz CT molecular complexity index is 272. The Morgan fingerprint density at radius 3 is 2.71 bits per heavy atom. The number of amides is 1. The zero-order valence-electron chi connectivity index (χ0n) is 8.68. The van der Waals surface area contributed by atoms with Gasteiger partial charge >= 0.3 is 0 Å². The van der Waals surface area contributed by atoms with E-state index < -0.39 is 0 Å². The second-order valence-corrected chi connectivity index (χ2v) is 5.44. The zero-order valence-corrected chi connectivity index (χ0v) is 8.68. The van der Waals surface area contributed by atoms with E-state index in [4.69, 9.17) is 0 Å². The van der Waals surface area contributed by atoms with Crippen molar-refractivity contribution in [2.24, 2.45) is 5.92 Å². The lowest BCUT2D eigenvalue weighted by Crippen LogP contribution is -2.42.